The highest BCUT2D eigenvalue weighted by Gasteiger charge is 2.29. The summed E-state index contributed by atoms with van der Waals surface area (Å²) in [6.45, 7) is 0. The van der Waals surface area contributed by atoms with E-state index in [1.54, 1.807) is 0 Å². The highest BCUT2D eigenvalue weighted by atomic mass is 16.6. The molecule has 1 fully saturated rings. The molecule has 1 aromatic carbocycles. The quantitative estimate of drug-likeness (QED) is 0.477. The number of benzene rings is 1. The van der Waals surface area contributed by atoms with Gasteiger partial charge in [-0.1, -0.05) is 0 Å². The zero-order chi connectivity index (χ0) is 14.7. The van der Waals surface area contributed by atoms with Crippen LogP contribution in [0.1, 0.15) is 18.4 Å². The summed E-state index contributed by atoms with van der Waals surface area (Å²) in [5.41, 5.74) is 2.20. The first kappa shape index (κ1) is 13.8. The van der Waals surface area contributed by atoms with Crippen molar-refractivity contribution in [1.82, 2.24) is 5.43 Å². The van der Waals surface area contributed by atoms with Crippen molar-refractivity contribution in [3.8, 4) is 11.5 Å². The van der Waals surface area contributed by atoms with Crippen molar-refractivity contribution in [2.24, 2.45) is 11.0 Å². The van der Waals surface area contributed by atoms with Gasteiger partial charge in [0.2, 0.25) is 11.7 Å². The van der Waals surface area contributed by atoms with E-state index < -0.39 is 16.4 Å². The minimum absolute atomic E-state index is 0.0239. The smallest absolute Gasteiger partial charge is 0.315 e. The Morgan fingerprint density at radius 2 is 2.30 bits per heavy atom. The SMILES string of the molecule is COc1cc(/C=N\NC(=O)C2CC2)cc([N+](=O)[O-])c1O. The van der Waals surface area contributed by atoms with Gasteiger partial charge in [0.05, 0.1) is 18.2 Å². The average molecular weight is 279 g/mol. The number of nitrogens with one attached hydrogen (secondary N) is 1. The lowest BCUT2D eigenvalue weighted by Gasteiger charge is -2.05. The van der Waals surface area contributed by atoms with Crippen LogP contribution < -0.4 is 10.2 Å². The molecule has 1 aliphatic rings. The molecule has 8 nitrogen and oxygen atoms in total. The van der Waals surface area contributed by atoms with Gasteiger partial charge in [-0.25, -0.2) is 5.43 Å². The summed E-state index contributed by atoms with van der Waals surface area (Å²) in [6.07, 6.45) is 2.98. The van der Waals surface area contributed by atoms with E-state index in [4.69, 9.17) is 4.74 Å². The van der Waals surface area contributed by atoms with Crippen molar-refractivity contribution < 1.29 is 19.6 Å². The van der Waals surface area contributed by atoms with Crippen molar-refractivity contribution in [2.45, 2.75) is 12.8 Å². The van der Waals surface area contributed by atoms with E-state index in [1.807, 2.05) is 0 Å². The number of amides is 1. The minimum Gasteiger partial charge on any atom is -0.500 e. The highest BCUT2D eigenvalue weighted by molar-refractivity contribution is 5.86. The summed E-state index contributed by atoms with van der Waals surface area (Å²) in [4.78, 5) is 21.4. The molecule has 0 unspecified atom stereocenters. The molecule has 0 atom stereocenters. The number of carbonyl (C=O) groups excluding carboxylic acids is 1. The topological polar surface area (TPSA) is 114 Å². The van der Waals surface area contributed by atoms with Crippen LogP contribution in [-0.4, -0.2) is 29.3 Å². The van der Waals surface area contributed by atoms with E-state index in [1.165, 1.54) is 19.4 Å². The first-order chi connectivity index (χ1) is 9.52. The van der Waals surface area contributed by atoms with Crippen LogP contribution in [0.2, 0.25) is 0 Å². The van der Waals surface area contributed by atoms with Crippen molar-refractivity contribution in [3.05, 3.63) is 27.8 Å². The number of hydrazone groups is 1. The van der Waals surface area contributed by atoms with Crippen LogP contribution >= 0.6 is 0 Å². The van der Waals surface area contributed by atoms with Crippen molar-refractivity contribution in [1.29, 1.82) is 0 Å². The van der Waals surface area contributed by atoms with Crippen molar-refractivity contribution in [3.63, 3.8) is 0 Å². The molecule has 1 saturated carbocycles. The lowest BCUT2D eigenvalue weighted by molar-refractivity contribution is -0.386. The molecule has 1 aliphatic carbocycles. The third kappa shape index (κ3) is 3.02. The zero-order valence-electron chi connectivity index (χ0n) is 10.7. The summed E-state index contributed by atoms with van der Waals surface area (Å²) in [5, 5.41) is 24.1. The molecule has 106 valence electrons. The van der Waals surface area contributed by atoms with Gasteiger partial charge in [-0.3, -0.25) is 14.9 Å². The number of carbonyl (C=O) groups is 1. The third-order valence-corrected chi connectivity index (χ3v) is 2.83. The van der Waals surface area contributed by atoms with Crippen LogP contribution in [0.4, 0.5) is 5.69 Å². The molecule has 2 rings (SSSR count). The molecule has 1 aromatic rings. The lowest BCUT2D eigenvalue weighted by atomic mass is 10.2. The van der Waals surface area contributed by atoms with Gasteiger partial charge in [-0.05, 0) is 18.9 Å². The molecule has 0 bridgehead atoms. The van der Waals surface area contributed by atoms with E-state index in [-0.39, 0.29) is 17.6 Å². The Hall–Kier alpha value is -2.64. The van der Waals surface area contributed by atoms with Gasteiger partial charge in [0, 0.05) is 17.5 Å². The number of phenolic OH excluding ortho intramolecular Hbond substituents is 1. The Morgan fingerprint density at radius 1 is 1.60 bits per heavy atom. The number of nitro groups is 1. The van der Waals surface area contributed by atoms with Gasteiger partial charge in [-0.15, -0.1) is 0 Å². The van der Waals surface area contributed by atoms with E-state index >= 15 is 0 Å². The number of methoxy groups -OCH3 is 1. The summed E-state index contributed by atoms with van der Waals surface area (Å²) < 4.78 is 4.85. The van der Waals surface area contributed by atoms with Crippen LogP contribution in [0.25, 0.3) is 0 Å². The first-order valence-corrected chi connectivity index (χ1v) is 5.91. The molecule has 1 amide bonds. The fraction of sp³-hybridized carbons (Fsp3) is 0.333. The number of hydrogen-bond donors (Lipinski definition) is 2. The van der Waals surface area contributed by atoms with Crippen LogP contribution in [0, 0.1) is 16.0 Å². The van der Waals surface area contributed by atoms with Crippen LogP contribution in [0.3, 0.4) is 0 Å². The van der Waals surface area contributed by atoms with Crippen LogP contribution in [0.5, 0.6) is 11.5 Å². The fourth-order valence-electron chi connectivity index (χ4n) is 1.59. The molecule has 0 spiro atoms. The lowest BCUT2D eigenvalue weighted by Crippen LogP contribution is -2.18. The number of phenols is 1. The Labute approximate surface area is 114 Å². The van der Waals surface area contributed by atoms with Crippen molar-refractivity contribution in [2.75, 3.05) is 7.11 Å². The van der Waals surface area contributed by atoms with Gasteiger partial charge in [-0.2, -0.15) is 5.10 Å². The molecular formula is C12H13N3O5. The fourth-order valence-corrected chi connectivity index (χ4v) is 1.59. The largest absolute Gasteiger partial charge is 0.500 e. The minimum atomic E-state index is -0.724. The Balaban J connectivity index is 2.18. The maximum absolute atomic E-state index is 11.4. The highest BCUT2D eigenvalue weighted by Crippen LogP contribution is 2.36. The van der Waals surface area contributed by atoms with Gasteiger partial charge >= 0.3 is 5.69 Å². The summed E-state index contributed by atoms with van der Waals surface area (Å²) in [7, 11) is 1.29. The van der Waals surface area contributed by atoms with Crippen molar-refractivity contribution >= 4 is 17.8 Å². The second-order valence-corrected chi connectivity index (χ2v) is 4.36. The third-order valence-electron chi connectivity index (χ3n) is 2.83. The van der Waals surface area contributed by atoms with Crippen LogP contribution in [-0.2, 0) is 4.79 Å². The van der Waals surface area contributed by atoms with E-state index in [0.717, 1.165) is 18.9 Å². The normalized spacial score (nSPS) is 14.2. The van der Waals surface area contributed by atoms with Gasteiger partial charge in [0.15, 0.2) is 5.75 Å². The Bertz CT molecular complexity index is 581. The van der Waals surface area contributed by atoms with Crippen LogP contribution in [0.15, 0.2) is 17.2 Å². The number of aromatic hydroxyl groups is 1. The molecule has 2 N–H and O–H groups in total. The number of nitrogens with zero attached hydrogens (tertiary/aromatic N) is 2. The van der Waals surface area contributed by atoms with E-state index in [9.17, 15) is 20.0 Å². The number of hydrogen-bond acceptors (Lipinski definition) is 6. The maximum atomic E-state index is 11.4. The summed E-state index contributed by atoms with van der Waals surface area (Å²) in [6, 6.07) is 2.53. The predicted octanol–water partition coefficient (Wildman–Crippen LogP) is 1.17. The maximum Gasteiger partial charge on any atom is 0.315 e. The second kappa shape index (κ2) is 5.55. The van der Waals surface area contributed by atoms with Gasteiger partial charge in [0.1, 0.15) is 0 Å². The molecular weight excluding hydrogens is 266 g/mol. The Morgan fingerprint density at radius 3 is 2.85 bits per heavy atom. The summed E-state index contributed by atoms with van der Waals surface area (Å²) >= 11 is 0. The van der Waals surface area contributed by atoms with E-state index in [2.05, 4.69) is 10.5 Å². The van der Waals surface area contributed by atoms with Gasteiger partial charge < -0.3 is 9.84 Å². The molecule has 20 heavy (non-hydrogen) atoms. The van der Waals surface area contributed by atoms with Gasteiger partial charge in [0.25, 0.3) is 0 Å². The molecule has 8 heteroatoms. The predicted molar refractivity (Wildman–Crippen MR) is 69.8 cm³/mol. The summed E-state index contributed by atoms with van der Waals surface area (Å²) in [5.74, 6) is -0.719. The number of ether oxygens (including phenoxy) is 1. The first-order valence-electron chi connectivity index (χ1n) is 5.91. The number of rotatable bonds is 5. The molecule has 0 radical (unpaired) electrons. The average Bonchev–Trinajstić information content (AvgIpc) is 3.24. The molecule has 0 saturated heterocycles. The monoisotopic (exact) mass is 279 g/mol. The molecule has 0 aliphatic heterocycles. The second-order valence-electron chi connectivity index (χ2n) is 4.36. The zero-order valence-corrected chi connectivity index (χ0v) is 10.7. The molecule has 0 aromatic heterocycles. The standard InChI is InChI=1S/C12H13N3O5/c1-20-10-5-7(4-9(11(10)16)15(18)19)6-13-14-12(17)8-2-3-8/h4-6,8,16H,2-3H2,1H3,(H,14,17)/b13-6-. The number of nitro benzene ring substituents is 1. The molecule has 0 heterocycles. The van der Waals surface area contributed by atoms with E-state index in [0.29, 0.717) is 5.56 Å². The Kier molecular flexibility index (Phi) is 3.83.